The van der Waals surface area contributed by atoms with E-state index >= 15 is 0 Å². The van der Waals surface area contributed by atoms with Crippen LogP contribution in [0.5, 0.6) is 0 Å². The number of rotatable bonds is 2. The lowest BCUT2D eigenvalue weighted by molar-refractivity contribution is -0.384. The molecule has 0 spiro atoms. The average Bonchev–Trinajstić information content (AvgIpc) is 2.98. The Morgan fingerprint density at radius 1 is 1.26 bits per heavy atom. The van der Waals surface area contributed by atoms with E-state index in [9.17, 15) is 19.7 Å². The highest BCUT2D eigenvalue weighted by molar-refractivity contribution is 6.31. The van der Waals surface area contributed by atoms with E-state index in [0.717, 1.165) is 5.70 Å². The van der Waals surface area contributed by atoms with Gasteiger partial charge in [-0.25, -0.2) is 4.79 Å². The van der Waals surface area contributed by atoms with E-state index in [1.54, 1.807) is 0 Å². The van der Waals surface area contributed by atoms with Crippen LogP contribution in [0.2, 0.25) is 5.02 Å². The Bertz CT molecular complexity index is 976. The van der Waals surface area contributed by atoms with Crippen molar-refractivity contribution in [1.82, 2.24) is 5.32 Å². The number of halogens is 1. The molecule has 3 aliphatic rings. The Morgan fingerprint density at radius 2 is 2.00 bits per heavy atom. The van der Waals surface area contributed by atoms with Crippen molar-refractivity contribution in [1.29, 1.82) is 0 Å². The number of ketones is 1. The molecule has 0 bridgehead atoms. The van der Waals surface area contributed by atoms with Crippen molar-refractivity contribution in [3.05, 3.63) is 61.4 Å². The van der Waals surface area contributed by atoms with Crippen molar-refractivity contribution in [2.45, 2.75) is 32.6 Å². The van der Waals surface area contributed by atoms with Crippen molar-refractivity contribution in [2.75, 3.05) is 6.61 Å². The molecule has 0 fully saturated rings. The summed E-state index contributed by atoms with van der Waals surface area (Å²) in [6, 6.07) is 4.07. The van der Waals surface area contributed by atoms with E-state index in [1.165, 1.54) is 18.2 Å². The largest absolute Gasteiger partial charge is 0.456 e. The van der Waals surface area contributed by atoms with E-state index in [1.807, 2.05) is 13.8 Å². The maximum absolute atomic E-state index is 13.2. The minimum Gasteiger partial charge on any atom is -0.456 e. The van der Waals surface area contributed by atoms with E-state index in [4.69, 9.17) is 16.3 Å². The first-order valence-corrected chi connectivity index (χ1v) is 8.97. The van der Waals surface area contributed by atoms with Gasteiger partial charge in [-0.2, -0.15) is 0 Å². The molecule has 8 heteroatoms. The number of ether oxygens (including phenoxy) is 1. The fraction of sp³-hybridized carbons (Fsp3) is 0.368. The van der Waals surface area contributed by atoms with Gasteiger partial charge in [0.25, 0.3) is 5.69 Å². The van der Waals surface area contributed by atoms with Crippen molar-refractivity contribution < 1.29 is 19.2 Å². The van der Waals surface area contributed by atoms with Gasteiger partial charge in [0, 0.05) is 33.8 Å². The van der Waals surface area contributed by atoms with Crippen LogP contribution in [-0.4, -0.2) is 23.3 Å². The summed E-state index contributed by atoms with van der Waals surface area (Å²) in [5.74, 6) is -1.39. The molecule has 2 heterocycles. The summed E-state index contributed by atoms with van der Waals surface area (Å²) in [6.45, 7) is 3.82. The van der Waals surface area contributed by atoms with E-state index < -0.39 is 22.2 Å². The van der Waals surface area contributed by atoms with Gasteiger partial charge < -0.3 is 10.1 Å². The highest BCUT2D eigenvalue weighted by atomic mass is 35.5. The molecule has 0 aromatic heterocycles. The lowest BCUT2D eigenvalue weighted by Gasteiger charge is -2.38. The molecule has 0 amide bonds. The van der Waals surface area contributed by atoms with Crippen LogP contribution in [0, 0.1) is 15.5 Å². The molecule has 1 unspecified atom stereocenters. The Kier molecular flexibility index (Phi) is 3.89. The number of non-ortho nitro benzene ring substituents is 1. The van der Waals surface area contributed by atoms with Gasteiger partial charge in [0.15, 0.2) is 5.78 Å². The van der Waals surface area contributed by atoms with Gasteiger partial charge in [-0.15, -0.1) is 0 Å². The van der Waals surface area contributed by atoms with Crippen molar-refractivity contribution in [2.24, 2.45) is 5.41 Å². The summed E-state index contributed by atoms with van der Waals surface area (Å²) in [4.78, 5) is 36.4. The summed E-state index contributed by atoms with van der Waals surface area (Å²) in [6.07, 6.45) is 1.31. The van der Waals surface area contributed by atoms with Gasteiger partial charge in [-0.05, 0) is 24.5 Å². The lowest BCUT2D eigenvalue weighted by atomic mass is 9.67. The number of carbonyl (C=O) groups excluding carboxylic acids is 2. The second-order valence-electron chi connectivity index (χ2n) is 7.59. The number of dihydropyridines is 1. The maximum Gasteiger partial charge on any atom is 0.337 e. The third kappa shape index (κ3) is 2.65. The van der Waals surface area contributed by atoms with Crippen LogP contribution in [0.1, 0.15) is 38.2 Å². The molecular formula is C19H17ClN2O5. The van der Waals surface area contributed by atoms with Gasteiger partial charge in [0.1, 0.15) is 6.61 Å². The second-order valence-corrected chi connectivity index (χ2v) is 8.00. The number of nitro groups is 1. The number of carbonyl (C=O) groups is 2. The smallest absolute Gasteiger partial charge is 0.337 e. The molecule has 27 heavy (non-hydrogen) atoms. The van der Waals surface area contributed by atoms with Crippen LogP contribution in [0.15, 0.2) is 40.7 Å². The van der Waals surface area contributed by atoms with E-state index in [2.05, 4.69) is 5.32 Å². The Balaban J connectivity index is 1.96. The topological polar surface area (TPSA) is 98.5 Å². The van der Waals surface area contributed by atoms with Crippen LogP contribution < -0.4 is 5.32 Å². The van der Waals surface area contributed by atoms with Crippen LogP contribution >= 0.6 is 11.6 Å². The number of cyclic esters (lactones) is 1. The van der Waals surface area contributed by atoms with E-state index in [0.29, 0.717) is 35.2 Å². The van der Waals surface area contributed by atoms with Gasteiger partial charge in [-0.1, -0.05) is 25.4 Å². The first kappa shape index (κ1) is 17.7. The molecule has 0 saturated heterocycles. The van der Waals surface area contributed by atoms with Gasteiger partial charge in [-0.3, -0.25) is 14.9 Å². The minimum atomic E-state index is -0.772. The number of nitrogens with one attached hydrogen (secondary N) is 1. The Hall–Kier alpha value is -2.67. The molecule has 1 N–H and O–H groups in total. The first-order valence-electron chi connectivity index (χ1n) is 8.59. The molecule has 1 atom stereocenters. The standard InChI is InChI=1S/C19H17ClN2O5/c1-19(2)6-5-12-15(17(19)23)14(16-13(21-12)8-27-18(16)24)10-7-9(22(25)26)3-4-11(10)20/h3-4,7,14,21H,5-6,8H2,1-2H3. The quantitative estimate of drug-likeness (QED) is 0.473. The highest BCUT2D eigenvalue weighted by Crippen LogP contribution is 2.49. The fourth-order valence-corrected chi connectivity index (χ4v) is 4.16. The summed E-state index contributed by atoms with van der Waals surface area (Å²) in [5.41, 5.74) is 1.73. The number of hydrogen-bond acceptors (Lipinski definition) is 6. The number of Topliss-reactive ketones (excluding diaryl/α,β-unsaturated/α-hetero) is 1. The van der Waals surface area contributed by atoms with Gasteiger partial charge in [0.05, 0.1) is 22.1 Å². The van der Waals surface area contributed by atoms with Gasteiger partial charge >= 0.3 is 5.97 Å². The van der Waals surface area contributed by atoms with Crippen LogP contribution in [0.3, 0.4) is 0 Å². The minimum absolute atomic E-state index is 0.0879. The molecule has 1 aromatic rings. The van der Waals surface area contributed by atoms with Crippen molar-refractivity contribution >= 4 is 29.0 Å². The number of esters is 1. The molecular weight excluding hydrogens is 372 g/mol. The third-order valence-corrected chi connectivity index (χ3v) is 5.80. The van der Waals surface area contributed by atoms with Crippen molar-refractivity contribution in [3.8, 4) is 0 Å². The SMILES string of the molecule is CC1(C)CCC2=C(C1=O)C(c1cc([N+](=O)[O-])ccc1Cl)C1=C(COC1=O)N2. The van der Waals surface area contributed by atoms with Crippen LogP contribution in [-0.2, 0) is 14.3 Å². The second kappa shape index (κ2) is 5.92. The van der Waals surface area contributed by atoms with Crippen LogP contribution in [0.25, 0.3) is 0 Å². The Morgan fingerprint density at radius 3 is 2.70 bits per heavy atom. The van der Waals surface area contributed by atoms with Gasteiger partial charge in [0.2, 0.25) is 0 Å². The molecule has 140 valence electrons. The molecule has 1 aliphatic carbocycles. The summed E-state index contributed by atoms with van der Waals surface area (Å²) >= 11 is 6.37. The summed E-state index contributed by atoms with van der Waals surface area (Å²) in [5, 5.41) is 14.7. The molecule has 2 aliphatic heterocycles. The predicted octanol–water partition coefficient (Wildman–Crippen LogP) is 3.39. The first-order chi connectivity index (χ1) is 12.7. The molecule has 1 aromatic carbocycles. The third-order valence-electron chi connectivity index (χ3n) is 5.46. The fourth-order valence-electron chi connectivity index (χ4n) is 3.94. The summed E-state index contributed by atoms with van der Waals surface area (Å²) < 4.78 is 5.17. The van der Waals surface area contributed by atoms with Crippen molar-refractivity contribution in [3.63, 3.8) is 0 Å². The normalized spacial score (nSPS) is 23.6. The highest BCUT2D eigenvalue weighted by Gasteiger charge is 2.48. The Labute approximate surface area is 160 Å². The van der Waals surface area contributed by atoms with E-state index in [-0.39, 0.29) is 23.1 Å². The molecule has 0 saturated carbocycles. The predicted molar refractivity (Wildman–Crippen MR) is 97.0 cm³/mol. The number of nitro benzene ring substituents is 1. The maximum atomic E-state index is 13.2. The zero-order valence-corrected chi connectivity index (χ0v) is 15.6. The average molecular weight is 389 g/mol. The van der Waals surface area contributed by atoms with Crippen LogP contribution in [0.4, 0.5) is 5.69 Å². The number of hydrogen-bond donors (Lipinski definition) is 1. The lowest BCUT2D eigenvalue weighted by Crippen LogP contribution is -2.39. The molecule has 7 nitrogen and oxygen atoms in total. The number of allylic oxidation sites excluding steroid dienone is 2. The number of benzene rings is 1. The molecule has 4 rings (SSSR count). The summed E-state index contributed by atoms with van der Waals surface area (Å²) in [7, 11) is 0. The number of nitrogens with zero attached hydrogens (tertiary/aromatic N) is 1. The zero-order chi connectivity index (χ0) is 19.5. The monoisotopic (exact) mass is 388 g/mol. The molecule has 0 radical (unpaired) electrons. The zero-order valence-electron chi connectivity index (χ0n) is 14.8.